The van der Waals surface area contributed by atoms with Crippen molar-refractivity contribution in [2.75, 3.05) is 0 Å². The van der Waals surface area contributed by atoms with E-state index >= 15 is 0 Å². The van der Waals surface area contributed by atoms with Crippen LogP contribution in [0.5, 0.6) is 0 Å². The van der Waals surface area contributed by atoms with E-state index in [2.05, 4.69) is 160 Å². The number of benzene rings is 11. The van der Waals surface area contributed by atoms with Gasteiger partial charge in [-0.15, -0.1) is 0 Å². The van der Waals surface area contributed by atoms with Crippen LogP contribution in [0.15, 0.2) is 264 Å². The van der Waals surface area contributed by atoms with E-state index in [9.17, 15) is 28.8 Å². The molecule has 0 atom stereocenters. The first kappa shape index (κ1) is 77.7. The third-order valence-corrected chi connectivity index (χ3v) is 21.8. The maximum Gasteiger partial charge on any atom is 0.332 e. The summed E-state index contributed by atoms with van der Waals surface area (Å²) in [6.07, 6.45) is 12.3. The van der Waals surface area contributed by atoms with E-state index in [0.29, 0.717) is 33.4 Å². The van der Waals surface area contributed by atoms with E-state index in [0.717, 1.165) is 105 Å². The summed E-state index contributed by atoms with van der Waals surface area (Å²) < 4.78 is 0. The highest BCUT2D eigenvalue weighted by Crippen LogP contribution is 2.57. The molecule has 556 valence electrons. The fourth-order valence-electron chi connectivity index (χ4n) is 17.6. The van der Waals surface area contributed by atoms with Crippen molar-refractivity contribution >= 4 is 63.2 Å². The zero-order valence-corrected chi connectivity index (χ0v) is 64.7. The van der Waals surface area contributed by atoms with Gasteiger partial charge in [-0.25, -0.2) is 14.4 Å². The zero-order valence-electron chi connectivity index (χ0n) is 64.7. The van der Waals surface area contributed by atoms with E-state index in [1.165, 1.54) is 87.5 Å². The molecule has 0 aliphatic heterocycles. The summed E-state index contributed by atoms with van der Waals surface area (Å²) in [5.41, 5.74) is 21.2. The standard InChI is InChI=1S/C35H33NO3.C34H33NO3.C29H29NO3/c1-4-21-35(22-5-2)31-18-12-11-16-28(31)29-20-19-26(23-32(29)35)34(38)33(36-39-24(3)37)30-17-10-9-15-27(30)25-13-7-6-8-14-25;1-5-19-34(20-6-2)29-14-10-9-13-27(29)28-18-17-25(21-30(28)34)33(37)32(35-38-23(4)36)31-22(3)15-16-24-11-7-8-12-26(24)31;1-4-17-29(18-5-2)25-14-10-9-13-23(25)24-16-15-22(19-26(24)29)28(32)27(30-33-20(3)31)21-11-7-6-8-12-21/h6-20,23H,4-5,21-22H2,1-3H3;7-18,21H,5-6,19-20H2,1-4H3;6-16,19H,4-5,17-18H2,1-3H3/b36-33-;35-32+;30-27+. The zero-order chi connectivity index (χ0) is 77.7. The van der Waals surface area contributed by atoms with Crippen LogP contribution in [0, 0.1) is 6.92 Å². The molecule has 0 amide bonds. The van der Waals surface area contributed by atoms with Gasteiger partial charge >= 0.3 is 17.9 Å². The molecule has 110 heavy (non-hydrogen) atoms. The number of fused-ring (bicyclic) bond motifs is 10. The van der Waals surface area contributed by atoms with Crippen LogP contribution in [-0.4, -0.2) is 52.4 Å². The molecular weight excluding hydrogens is 1360 g/mol. The monoisotopic (exact) mass is 1460 g/mol. The lowest BCUT2D eigenvalue weighted by Gasteiger charge is -2.32. The van der Waals surface area contributed by atoms with Gasteiger partial charge in [0.25, 0.3) is 0 Å². The highest BCUT2D eigenvalue weighted by molar-refractivity contribution is 6.54. The van der Waals surface area contributed by atoms with Gasteiger partial charge in [0.15, 0.2) is 17.1 Å². The average Bonchev–Trinajstić information content (AvgIpc) is 1.58. The summed E-state index contributed by atoms with van der Waals surface area (Å²) in [6, 6.07) is 82.3. The Balaban J connectivity index is 0.000000154. The molecule has 14 rings (SSSR count). The molecule has 11 aromatic rings. The summed E-state index contributed by atoms with van der Waals surface area (Å²) in [4.78, 5) is 92.1. The predicted molar refractivity (Wildman–Crippen MR) is 442 cm³/mol. The van der Waals surface area contributed by atoms with Crippen LogP contribution in [0.3, 0.4) is 0 Å². The van der Waals surface area contributed by atoms with Crippen molar-refractivity contribution in [3.05, 3.63) is 321 Å². The molecule has 0 aromatic heterocycles. The summed E-state index contributed by atoms with van der Waals surface area (Å²) in [6.45, 7) is 19.1. The molecular formula is C98H95N3O9. The van der Waals surface area contributed by atoms with Gasteiger partial charge in [-0.2, -0.15) is 0 Å². The van der Waals surface area contributed by atoms with Crippen LogP contribution in [0.2, 0.25) is 0 Å². The second-order valence-electron chi connectivity index (χ2n) is 29.0. The molecule has 12 nitrogen and oxygen atoms in total. The lowest BCUT2D eigenvalue weighted by molar-refractivity contribution is -0.141. The molecule has 0 saturated carbocycles. The highest BCUT2D eigenvalue weighted by atomic mass is 16.7. The number of carbonyl (C=O) groups excluding carboxylic acids is 6. The van der Waals surface area contributed by atoms with Gasteiger partial charge in [0.05, 0.1) is 0 Å². The van der Waals surface area contributed by atoms with E-state index in [1.807, 2.05) is 140 Å². The Morgan fingerprint density at radius 2 is 0.627 bits per heavy atom. The summed E-state index contributed by atoms with van der Waals surface area (Å²) in [5.74, 6) is -2.51. The minimum absolute atomic E-state index is 0.106. The average molecular weight is 1460 g/mol. The van der Waals surface area contributed by atoms with Crippen molar-refractivity contribution in [1.29, 1.82) is 0 Å². The van der Waals surface area contributed by atoms with Crippen molar-refractivity contribution in [1.82, 2.24) is 0 Å². The Labute approximate surface area is 646 Å². The van der Waals surface area contributed by atoms with Crippen LogP contribution < -0.4 is 0 Å². The van der Waals surface area contributed by atoms with Crippen molar-refractivity contribution < 1.29 is 43.3 Å². The van der Waals surface area contributed by atoms with Crippen molar-refractivity contribution in [2.24, 2.45) is 15.5 Å². The highest BCUT2D eigenvalue weighted by Gasteiger charge is 2.45. The van der Waals surface area contributed by atoms with E-state index in [4.69, 9.17) is 14.5 Å². The molecule has 0 N–H and O–H groups in total. The molecule has 0 heterocycles. The smallest absolute Gasteiger partial charge is 0.318 e. The van der Waals surface area contributed by atoms with Gasteiger partial charge in [0, 0.05) is 70.4 Å². The Morgan fingerprint density at radius 1 is 0.300 bits per heavy atom. The van der Waals surface area contributed by atoms with Gasteiger partial charge < -0.3 is 14.5 Å². The van der Waals surface area contributed by atoms with Gasteiger partial charge in [0.1, 0.15) is 0 Å². The van der Waals surface area contributed by atoms with Crippen LogP contribution in [0.4, 0.5) is 0 Å². The number of hydrogen-bond donors (Lipinski definition) is 0. The maximum absolute atomic E-state index is 14.2. The Kier molecular flexibility index (Phi) is 24.4. The van der Waals surface area contributed by atoms with Crippen molar-refractivity contribution in [2.45, 2.75) is 163 Å². The Bertz CT molecular complexity index is 5380. The first-order valence-corrected chi connectivity index (χ1v) is 38.8. The third kappa shape index (κ3) is 15.3. The van der Waals surface area contributed by atoms with Crippen LogP contribution in [0.25, 0.3) is 55.3 Å². The minimum atomic E-state index is -0.577. The first-order chi connectivity index (χ1) is 53.4. The molecule has 3 aliphatic carbocycles. The molecule has 11 aromatic carbocycles. The van der Waals surface area contributed by atoms with Crippen LogP contribution in [0.1, 0.15) is 226 Å². The predicted octanol–water partition coefficient (Wildman–Crippen LogP) is 23.2. The molecule has 0 fully saturated rings. The van der Waals surface area contributed by atoms with Gasteiger partial charge in [-0.1, -0.05) is 326 Å². The molecule has 3 aliphatic rings. The molecule has 0 unspecified atom stereocenters. The number of ketones is 3. The van der Waals surface area contributed by atoms with Gasteiger partial charge in [-0.05, 0) is 158 Å². The number of carbonyl (C=O) groups is 6. The number of Topliss-reactive ketones (excluding diaryl/α,β-unsaturated/α-hetero) is 3. The first-order valence-electron chi connectivity index (χ1n) is 38.8. The number of rotatable bonds is 25. The topological polar surface area (TPSA) is 167 Å². The molecule has 0 spiro atoms. The SMILES string of the molecule is CCCC1(CCC)c2ccccc2-c2ccc(C(=O)/C(=N/OC(C)=O)c3c(C)ccc4ccccc34)cc21.CCCC1(CCC)c2ccccc2-c2ccc(C(=O)/C(=N/OC(C)=O)c3ccccc3)cc21.CCCC1(CCC)c2ccccc2-c2ccc(C(=O)/C(=N\OC(C)=O)c3ccccc3-c3ccccc3)cc21. The maximum atomic E-state index is 14.2. The number of oxime groups is 3. The van der Waals surface area contributed by atoms with E-state index in [1.54, 1.807) is 12.1 Å². The Morgan fingerprint density at radius 3 is 1.05 bits per heavy atom. The lowest BCUT2D eigenvalue weighted by Crippen LogP contribution is -2.26. The molecule has 0 radical (unpaired) electrons. The number of nitrogens with zero attached hydrogens (tertiary/aromatic N) is 3. The normalized spacial score (nSPS) is 13.7. The lowest BCUT2D eigenvalue weighted by atomic mass is 9.71. The Hall–Kier alpha value is -11.9. The third-order valence-electron chi connectivity index (χ3n) is 21.8. The fourth-order valence-corrected chi connectivity index (χ4v) is 17.6. The molecule has 0 bridgehead atoms. The molecule has 12 heteroatoms. The van der Waals surface area contributed by atoms with Crippen LogP contribution in [-0.2, 0) is 45.1 Å². The number of hydrogen-bond acceptors (Lipinski definition) is 12. The quantitative estimate of drug-likeness (QED) is 0.0234. The van der Waals surface area contributed by atoms with E-state index < -0.39 is 17.9 Å². The second kappa shape index (κ2) is 34.6. The van der Waals surface area contributed by atoms with Gasteiger partial charge in [0.2, 0.25) is 17.3 Å². The minimum Gasteiger partial charge on any atom is -0.318 e. The second-order valence-corrected chi connectivity index (χ2v) is 29.0. The molecule has 0 saturated heterocycles. The van der Waals surface area contributed by atoms with E-state index in [-0.39, 0.29) is 50.7 Å². The van der Waals surface area contributed by atoms with Crippen LogP contribution >= 0.6 is 0 Å². The summed E-state index contributed by atoms with van der Waals surface area (Å²) in [5, 5.41) is 14.1. The van der Waals surface area contributed by atoms with Gasteiger partial charge in [-0.3, -0.25) is 14.4 Å². The fraction of sp³-hybridized carbons (Fsp3) is 0.255. The summed E-state index contributed by atoms with van der Waals surface area (Å²) >= 11 is 0. The largest absolute Gasteiger partial charge is 0.332 e. The van der Waals surface area contributed by atoms with Crippen molar-refractivity contribution in [3.63, 3.8) is 0 Å². The van der Waals surface area contributed by atoms with Crippen molar-refractivity contribution in [3.8, 4) is 44.5 Å². The number of aryl methyl sites for hydroxylation is 1. The summed E-state index contributed by atoms with van der Waals surface area (Å²) in [7, 11) is 0.